The van der Waals surface area contributed by atoms with Crippen molar-refractivity contribution in [1.29, 1.82) is 0 Å². The van der Waals surface area contributed by atoms with Gasteiger partial charge >= 0.3 is 6.01 Å². The van der Waals surface area contributed by atoms with E-state index in [-0.39, 0.29) is 38.3 Å². The highest BCUT2D eigenvalue weighted by molar-refractivity contribution is 6.08. The molecule has 3 heterocycles. The monoisotopic (exact) mass is 452 g/mol. The third kappa shape index (κ3) is 5.63. The molecule has 10 nitrogen and oxygen atoms in total. The SMILES string of the molecule is C/C=C\C(=N/N(C=O)Cc1nc(-c2ccccc2)no1)c1cnc(OCC2(F)COC2)nc1. The first-order valence-corrected chi connectivity index (χ1v) is 10.1. The summed E-state index contributed by atoms with van der Waals surface area (Å²) in [5, 5.41) is 9.41. The molecule has 2 aromatic heterocycles. The quantitative estimate of drug-likeness (QED) is 0.262. The first-order chi connectivity index (χ1) is 16.1. The number of nitrogens with zero attached hydrogens (tertiary/aromatic N) is 6. The summed E-state index contributed by atoms with van der Waals surface area (Å²) in [4.78, 5) is 24.1. The molecule has 4 rings (SSSR count). The zero-order valence-electron chi connectivity index (χ0n) is 17.8. The number of hydrogen-bond donors (Lipinski definition) is 0. The van der Waals surface area contributed by atoms with Gasteiger partial charge in [-0.3, -0.25) is 4.79 Å². The maximum atomic E-state index is 14.0. The summed E-state index contributed by atoms with van der Waals surface area (Å²) in [6, 6.07) is 9.37. The lowest BCUT2D eigenvalue weighted by molar-refractivity contribution is -0.147. The minimum Gasteiger partial charge on any atom is -0.460 e. The molecular formula is C22H21FN6O4. The van der Waals surface area contributed by atoms with Crippen LogP contribution in [-0.2, 0) is 16.1 Å². The Hall–Kier alpha value is -3.99. The highest BCUT2D eigenvalue weighted by Crippen LogP contribution is 2.22. The van der Waals surface area contributed by atoms with E-state index in [1.165, 1.54) is 12.4 Å². The maximum absolute atomic E-state index is 14.0. The van der Waals surface area contributed by atoms with Crippen molar-refractivity contribution in [1.82, 2.24) is 25.1 Å². The van der Waals surface area contributed by atoms with Crippen molar-refractivity contribution >= 4 is 12.1 Å². The summed E-state index contributed by atoms with van der Waals surface area (Å²) in [5.41, 5.74) is 0.253. The Balaban J connectivity index is 1.45. The molecule has 1 aliphatic heterocycles. The summed E-state index contributed by atoms with van der Waals surface area (Å²) in [6.45, 7) is 1.60. The molecule has 33 heavy (non-hydrogen) atoms. The molecule has 0 bridgehead atoms. The topological polar surface area (TPSA) is 116 Å². The zero-order chi connectivity index (χ0) is 23.1. The number of hydrogen-bond acceptors (Lipinski definition) is 9. The van der Waals surface area contributed by atoms with Crippen LogP contribution in [0.1, 0.15) is 18.4 Å². The number of allylic oxidation sites excluding steroid dienone is 2. The van der Waals surface area contributed by atoms with Gasteiger partial charge in [-0.1, -0.05) is 41.6 Å². The first kappa shape index (κ1) is 22.2. The first-order valence-electron chi connectivity index (χ1n) is 10.1. The number of halogens is 1. The highest BCUT2D eigenvalue weighted by Gasteiger charge is 2.40. The van der Waals surface area contributed by atoms with Crippen LogP contribution in [0.15, 0.2) is 64.5 Å². The summed E-state index contributed by atoms with van der Waals surface area (Å²) in [7, 11) is 0. The van der Waals surface area contributed by atoms with E-state index in [1.54, 1.807) is 12.2 Å². The van der Waals surface area contributed by atoms with Gasteiger partial charge in [0.1, 0.15) is 13.2 Å². The molecule has 3 aromatic rings. The highest BCUT2D eigenvalue weighted by atomic mass is 19.1. The lowest BCUT2D eigenvalue weighted by Crippen LogP contribution is -2.50. The predicted octanol–water partition coefficient (Wildman–Crippen LogP) is 2.58. The molecule has 11 heteroatoms. The molecule has 170 valence electrons. The van der Waals surface area contributed by atoms with Gasteiger partial charge in [-0.2, -0.15) is 10.1 Å². The Morgan fingerprint density at radius 2 is 2.03 bits per heavy atom. The third-order valence-electron chi connectivity index (χ3n) is 4.59. The van der Waals surface area contributed by atoms with Crippen LogP contribution >= 0.6 is 0 Å². The predicted molar refractivity (Wildman–Crippen MR) is 115 cm³/mol. The number of aromatic nitrogens is 4. The fraction of sp³-hybridized carbons (Fsp3) is 0.273. The molecule has 1 amide bonds. The van der Waals surface area contributed by atoms with Crippen molar-refractivity contribution in [2.24, 2.45) is 5.10 Å². The van der Waals surface area contributed by atoms with E-state index >= 15 is 0 Å². The average molecular weight is 452 g/mol. The molecule has 1 aromatic carbocycles. The lowest BCUT2D eigenvalue weighted by atomic mass is 10.1. The summed E-state index contributed by atoms with van der Waals surface area (Å²) in [6.07, 6.45) is 6.96. The molecule has 0 N–H and O–H groups in total. The fourth-order valence-electron chi connectivity index (χ4n) is 2.87. The van der Waals surface area contributed by atoms with E-state index in [2.05, 4.69) is 25.2 Å². The fourth-order valence-corrected chi connectivity index (χ4v) is 2.87. The van der Waals surface area contributed by atoms with Gasteiger partial charge in [0.25, 0.3) is 0 Å². The van der Waals surface area contributed by atoms with Gasteiger partial charge in [0.2, 0.25) is 18.1 Å². The van der Waals surface area contributed by atoms with Crippen molar-refractivity contribution < 1.29 is 23.2 Å². The second kappa shape index (κ2) is 10.1. The molecule has 1 fully saturated rings. The minimum absolute atomic E-state index is 0.00238. The standard InChI is InChI=1S/C22H21FN6O4/c1-2-6-18(17-9-24-21(25-10-17)32-14-22(23)12-31-13-22)27-29(15-30)11-19-26-20(28-33-19)16-7-4-3-5-8-16/h2-10,15H,11-14H2,1H3/b6-2-,27-18+. The van der Waals surface area contributed by atoms with Crippen LogP contribution in [0.2, 0.25) is 0 Å². The average Bonchev–Trinajstić information content (AvgIpc) is 3.30. The number of hydrazone groups is 1. The van der Waals surface area contributed by atoms with Crippen LogP contribution in [0.5, 0.6) is 6.01 Å². The van der Waals surface area contributed by atoms with Gasteiger partial charge in [-0.15, -0.1) is 0 Å². The smallest absolute Gasteiger partial charge is 0.316 e. The number of amides is 1. The van der Waals surface area contributed by atoms with Crippen molar-refractivity contribution in [3.05, 3.63) is 66.3 Å². The molecule has 0 aliphatic carbocycles. The summed E-state index contributed by atoms with van der Waals surface area (Å²) >= 11 is 0. The largest absolute Gasteiger partial charge is 0.460 e. The van der Waals surface area contributed by atoms with E-state index in [0.717, 1.165) is 10.6 Å². The maximum Gasteiger partial charge on any atom is 0.316 e. The van der Waals surface area contributed by atoms with Crippen molar-refractivity contribution in [3.8, 4) is 17.4 Å². The van der Waals surface area contributed by atoms with E-state index in [9.17, 15) is 9.18 Å². The Morgan fingerprint density at radius 1 is 1.27 bits per heavy atom. The third-order valence-corrected chi connectivity index (χ3v) is 4.59. The van der Waals surface area contributed by atoms with Crippen molar-refractivity contribution in [2.75, 3.05) is 19.8 Å². The lowest BCUT2D eigenvalue weighted by Gasteiger charge is -2.32. The van der Waals surface area contributed by atoms with Crippen LogP contribution in [0.3, 0.4) is 0 Å². The van der Waals surface area contributed by atoms with Crippen molar-refractivity contribution in [2.45, 2.75) is 19.1 Å². The van der Waals surface area contributed by atoms with Gasteiger partial charge in [0.15, 0.2) is 5.67 Å². The van der Waals surface area contributed by atoms with E-state index in [4.69, 9.17) is 14.0 Å². The molecule has 0 spiro atoms. The number of carbonyl (C=O) groups is 1. The molecule has 0 unspecified atom stereocenters. The van der Waals surface area contributed by atoms with Crippen LogP contribution in [0.4, 0.5) is 4.39 Å². The second-order valence-corrected chi connectivity index (χ2v) is 7.25. The van der Waals surface area contributed by atoms with Gasteiger partial charge in [-0.25, -0.2) is 19.4 Å². The van der Waals surface area contributed by atoms with E-state index < -0.39 is 5.67 Å². The molecule has 1 aliphatic rings. The zero-order valence-corrected chi connectivity index (χ0v) is 17.8. The summed E-state index contributed by atoms with van der Waals surface area (Å²) < 4.78 is 29.4. The molecule has 0 radical (unpaired) electrons. The van der Waals surface area contributed by atoms with Gasteiger partial charge < -0.3 is 14.0 Å². The van der Waals surface area contributed by atoms with E-state index in [1.807, 2.05) is 37.3 Å². The molecular weight excluding hydrogens is 431 g/mol. The van der Waals surface area contributed by atoms with E-state index in [0.29, 0.717) is 23.5 Å². The van der Waals surface area contributed by atoms with Crippen LogP contribution in [0.25, 0.3) is 11.4 Å². The molecule has 0 atom stereocenters. The summed E-state index contributed by atoms with van der Waals surface area (Å²) in [5.74, 6) is 0.645. The number of carbonyl (C=O) groups excluding carboxylic acids is 1. The Bertz CT molecular complexity index is 1130. The number of ether oxygens (including phenoxy) is 2. The van der Waals surface area contributed by atoms with Crippen molar-refractivity contribution in [3.63, 3.8) is 0 Å². The number of alkyl halides is 1. The van der Waals surface area contributed by atoms with Crippen LogP contribution in [-0.4, -0.2) is 62.7 Å². The Morgan fingerprint density at radius 3 is 2.67 bits per heavy atom. The number of benzene rings is 1. The Kier molecular flexibility index (Phi) is 6.79. The minimum atomic E-state index is -1.50. The normalized spacial score (nSPS) is 15.3. The van der Waals surface area contributed by atoms with Gasteiger partial charge in [0.05, 0.1) is 18.9 Å². The van der Waals surface area contributed by atoms with Crippen LogP contribution < -0.4 is 4.74 Å². The van der Waals surface area contributed by atoms with Gasteiger partial charge in [-0.05, 0) is 13.0 Å². The van der Waals surface area contributed by atoms with Crippen LogP contribution in [0, 0.1) is 0 Å². The number of rotatable bonds is 10. The van der Waals surface area contributed by atoms with Gasteiger partial charge in [0, 0.05) is 23.5 Å². The second-order valence-electron chi connectivity index (χ2n) is 7.25. The Labute approximate surface area is 188 Å². The molecule has 1 saturated heterocycles. The molecule has 0 saturated carbocycles.